The third-order valence-electron chi connectivity index (χ3n) is 6.10. The van der Waals surface area contributed by atoms with Crippen LogP contribution < -0.4 is 0 Å². The van der Waals surface area contributed by atoms with Crippen molar-refractivity contribution < 1.29 is 13.2 Å². The van der Waals surface area contributed by atoms with Gasteiger partial charge < -0.3 is 9.30 Å². The molecule has 1 aliphatic rings. The Labute approximate surface area is 211 Å². The quantitative estimate of drug-likeness (QED) is 0.248. The van der Waals surface area contributed by atoms with Crippen LogP contribution in [0.4, 0.5) is 0 Å². The van der Waals surface area contributed by atoms with Gasteiger partial charge >= 0.3 is 0 Å². The van der Waals surface area contributed by atoms with Crippen molar-refractivity contribution in [3.05, 3.63) is 53.1 Å². The average molecular weight is 522 g/mol. The SMILES string of the molecule is CCOCCCn1c(SCc2ccc(Cl)cc2)nc2cc(S(=O)(=O)N3CCC[C@H](C)C3)ccc21. The smallest absolute Gasteiger partial charge is 0.243 e. The lowest BCUT2D eigenvalue weighted by molar-refractivity contribution is 0.141. The summed E-state index contributed by atoms with van der Waals surface area (Å²) >= 11 is 7.66. The highest BCUT2D eigenvalue weighted by molar-refractivity contribution is 7.98. The van der Waals surface area contributed by atoms with Crippen LogP contribution in [0.5, 0.6) is 0 Å². The van der Waals surface area contributed by atoms with Crippen molar-refractivity contribution in [3.8, 4) is 0 Å². The summed E-state index contributed by atoms with van der Waals surface area (Å²) in [6.45, 7) is 7.39. The maximum Gasteiger partial charge on any atom is 0.243 e. The lowest BCUT2D eigenvalue weighted by Crippen LogP contribution is -2.39. The number of piperidine rings is 1. The van der Waals surface area contributed by atoms with E-state index in [2.05, 4.69) is 11.5 Å². The average Bonchev–Trinajstić information content (AvgIpc) is 3.18. The summed E-state index contributed by atoms with van der Waals surface area (Å²) in [6, 6.07) is 13.2. The van der Waals surface area contributed by atoms with E-state index in [1.54, 1.807) is 28.2 Å². The highest BCUT2D eigenvalue weighted by Crippen LogP contribution is 2.30. The Morgan fingerprint density at radius 2 is 2.00 bits per heavy atom. The second kappa shape index (κ2) is 11.4. The number of hydrogen-bond donors (Lipinski definition) is 0. The molecular formula is C25H32ClN3O3S2. The van der Waals surface area contributed by atoms with Crippen molar-refractivity contribution in [2.24, 2.45) is 5.92 Å². The number of nitrogens with zero attached hydrogens (tertiary/aromatic N) is 3. The second-order valence-corrected chi connectivity index (χ2v) is 12.1. The lowest BCUT2D eigenvalue weighted by Gasteiger charge is -2.30. The van der Waals surface area contributed by atoms with Crippen LogP contribution in [0.25, 0.3) is 11.0 Å². The Morgan fingerprint density at radius 3 is 2.74 bits per heavy atom. The van der Waals surface area contributed by atoms with Gasteiger partial charge in [-0.15, -0.1) is 0 Å². The molecule has 1 aromatic heterocycles. The maximum absolute atomic E-state index is 13.3. The Hall–Kier alpha value is -1.58. The molecule has 0 radical (unpaired) electrons. The second-order valence-electron chi connectivity index (χ2n) is 8.77. The molecule has 9 heteroatoms. The molecule has 0 bridgehead atoms. The fourth-order valence-electron chi connectivity index (χ4n) is 4.29. The van der Waals surface area contributed by atoms with E-state index in [-0.39, 0.29) is 0 Å². The Bertz CT molecular complexity index is 1210. The van der Waals surface area contributed by atoms with E-state index in [1.807, 2.05) is 37.3 Å². The van der Waals surface area contributed by atoms with Gasteiger partial charge in [-0.05, 0) is 68.0 Å². The normalized spacial score (nSPS) is 17.4. The fraction of sp³-hybridized carbons (Fsp3) is 0.480. The predicted octanol–water partition coefficient (Wildman–Crippen LogP) is 5.83. The van der Waals surface area contributed by atoms with Crippen molar-refractivity contribution >= 4 is 44.4 Å². The highest BCUT2D eigenvalue weighted by Gasteiger charge is 2.29. The first-order valence-corrected chi connectivity index (χ1v) is 14.6. The number of hydrogen-bond acceptors (Lipinski definition) is 5. The van der Waals surface area contributed by atoms with E-state index in [9.17, 15) is 8.42 Å². The minimum Gasteiger partial charge on any atom is -0.382 e. The molecule has 2 aromatic carbocycles. The molecule has 0 spiro atoms. The van der Waals surface area contributed by atoms with Crippen LogP contribution in [0, 0.1) is 5.92 Å². The van der Waals surface area contributed by atoms with Gasteiger partial charge in [-0.3, -0.25) is 0 Å². The number of fused-ring (bicyclic) bond motifs is 1. The molecule has 0 amide bonds. The van der Waals surface area contributed by atoms with E-state index < -0.39 is 10.0 Å². The monoisotopic (exact) mass is 521 g/mol. The van der Waals surface area contributed by atoms with E-state index in [4.69, 9.17) is 21.3 Å². The van der Waals surface area contributed by atoms with Crippen LogP contribution >= 0.6 is 23.4 Å². The first kappa shape index (κ1) is 25.5. The van der Waals surface area contributed by atoms with Crippen LogP contribution in [0.15, 0.2) is 52.5 Å². The summed E-state index contributed by atoms with van der Waals surface area (Å²) in [5.41, 5.74) is 2.81. The molecule has 1 aliphatic heterocycles. The summed E-state index contributed by atoms with van der Waals surface area (Å²) in [7, 11) is -3.53. The largest absolute Gasteiger partial charge is 0.382 e. The molecule has 0 aliphatic carbocycles. The highest BCUT2D eigenvalue weighted by atomic mass is 35.5. The van der Waals surface area contributed by atoms with Crippen LogP contribution in [-0.4, -0.2) is 48.6 Å². The van der Waals surface area contributed by atoms with Gasteiger partial charge in [0.25, 0.3) is 0 Å². The number of rotatable bonds is 10. The number of ether oxygens (including phenoxy) is 1. The van der Waals surface area contributed by atoms with Crippen LogP contribution in [-0.2, 0) is 27.1 Å². The molecule has 184 valence electrons. The Kier molecular flexibility index (Phi) is 8.58. The van der Waals surface area contributed by atoms with Crippen molar-refractivity contribution in [1.29, 1.82) is 0 Å². The van der Waals surface area contributed by atoms with Crippen LogP contribution in [0.2, 0.25) is 5.02 Å². The molecule has 1 atom stereocenters. The van der Waals surface area contributed by atoms with Gasteiger partial charge in [0.05, 0.1) is 15.9 Å². The summed E-state index contributed by atoms with van der Waals surface area (Å²) < 4.78 is 35.9. The molecule has 3 aromatic rings. The van der Waals surface area contributed by atoms with Crippen molar-refractivity contribution in [2.75, 3.05) is 26.3 Å². The Morgan fingerprint density at radius 1 is 1.21 bits per heavy atom. The summed E-state index contributed by atoms with van der Waals surface area (Å²) in [6.07, 6.45) is 2.84. The molecular weight excluding hydrogens is 490 g/mol. The zero-order chi connectivity index (χ0) is 24.1. The number of benzene rings is 2. The zero-order valence-corrected chi connectivity index (χ0v) is 22.1. The molecule has 4 rings (SSSR count). The minimum absolute atomic E-state index is 0.322. The number of sulfonamides is 1. The first-order valence-electron chi connectivity index (χ1n) is 11.8. The van der Waals surface area contributed by atoms with Crippen molar-refractivity contribution in [1.82, 2.24) is 13.9 Å². The lowest BCUT2D eigenvalue weighted by atomic mass is 10.0. The zero-order valence-electron chi connectivity index (χ0n) is 19.7. The molecule has 1 saturated heterocycles. The summed E-state index contributed by atoms with van der Waals surface area (Å²) in [5, 5.41) is 1.59. The number of aryl methyl sites for hydroxylation is 1. The molecule has 6 nitrogen and oxygen atoms in total. The molecule has 34 heavy (non-hydrogen) atoms. The first-order chi connectivity index (χ1) is 16.4. The van der Waals surface area contributed by atoms with Gasteiger partial charge in [0, 0.05) is 43.6 Å². The Balaban J connectivity index is 1.62. The van der Waals surface area contributed by atoms with E-state index in [0.29, 0.717) is 47.7 Å². The number of aromatic nitrogens is 2. The summed E-state index contributed by atoms with van der Waals surface area (Å²) in [4.78, 5) is 5.18. The van der Waals surface area contributed by atoms with Crippen LogP contribution in [0.1, 0.15) is 38.7 Å². The van der Waals surface area contributed by atoms with Gasteiger partial charge in [-0.1, -0.05) is 42.4 Å². The van der Waals surface area contributed by atoms with Crippen molar-refractivity contribution in [3.63, 3.8) is 0 Å². The van der Waals surface area contributed by atoms with E-state index >= 15 is 0 Å². The topological polar surface area (TPSA) is 64.4 Å². The number of thioether (sulfide) groups is 1. The van der Waals surface area contributed by atoms with Gasteiger partial charge in [-0.2, -0.15) is 4.31 Å². The van der Waals surface area contributed by atoms with Gasteiger partial charge in [0.1, 0.15) is 0 Å². The van der Waals surface area contributed by atoms with E-state index in [0.717, 1.165) is 47.8 Å². The standard InChI is InChI=1S/C25H32ClN3O3S2/c1-3-32-15-5-14-29-24-12-11-22(34(30,31)28-13-4-6-19(2)17-28)16-23(24)27-25(29)33-18-20-7-9-21(26)10-8-20/h7-12,16,19H,3-6,13-15,17-18H2,1-2H3/t19-/m0/s1. The molecule has 0 saturated carbocycles. The summed E-state index contributed by atoms with van der Waals surface area (Å²) in [5.74, 6) is 1.13. The van der Waals surface area contributed by atoms with E-state index in [1.165, 1.54) is 0 Å². The van der Waals surface area contributed by atoms with Crippen molar-refractivity contribution in [2.45, 2.75) is 55.5 Å². The third-order valence-corrected chi connectivity index (χ3v) is 9.26. The van der Waals surface area contributed by atoms with Crippen LogP contribution in [0.3, 0.4) is 0 Å². The van der Waals surface area contributed by atoms with Gasteiger partial charge in [0.15, 0.2) is 5.16 Å². The number of imidazole rings is 1. The minimum atomic E-state index is -3.53. The molecule has 0 N–H and O–H groups in total. The third kappa shape index (κ3) is 5.97. The fourth-order valence-corrected chi connectivity index (χ4v) is 7.03. The van der Waals surface area contributed by atoms with Gasteiger partial charge in [-0.25, -0.2) is 13.4 Å². The number of halogens is 1. The molecule has 1 fully saturated rings. The predicted molar refractivity (Wildman–Crippen MR) is 139 cm³/mol. The molecule has 2 heterocycles. The molecule has 0 unspecified atom stereocenters. The maximum atomic E-state index is 13.3. The van der Waals surface area contributed by atoms with Gasteiger partial charge in [0.2, 0.25) is 10.0 Å².